The Morgan fingerprint density at radius 2 is 1.79 bits per heavy atom. The summed E-state index contributed by atoms with van der Waals surface area (Å²) in [5.74, 6) is 0.114. The van der Waals surface area contributed by atoms with Crippen molar-refractivity contribution < 1.29 is 22.7 Å². The van der Waals surface area contributed by atoms with Crippen LogP contribution in [0.25, 0.3) is 0 Å². The average Bonchev–Trinajstić information content (AvgIpc) is 2.73. The van der Waals surface area contributed by atoms with Gasteiger partial charge in [-0.2, -0.15) is 0 Å². The van der Waals surface area contributed by atoms with Crippen LogP contribution in [0.15, 0.2) is 48.5 Å². The van der Waals surface area contributed by atoms with Crippen LogP contribution in [0.3, 0.4) is 0 Å². The van der Waals surface area contributed by atoms with Crippen molar-refractivity contribution >= 4 is 16.0 Å². The van der Waals surface area contributed by atoms with Gasteiger partial charge in [0, 0.05) is 12.0 Å². The zero-order chi connectivity index (χ0) is 21.1. The Kier molecular flexibility index (Phi) is 6.29. The van der Waals surface area contributed by atoms with E-state index in [0.717, 1.165) is 24.2 Å². The fraction of sp³-hybridized carbons (Fsp3) is 0.409. The molecule has 0 aliphatic carbocycles. The molecular formula is C22H27NO5S. The summed E-state index contributed by atoms with van der Waals surface area (Å²) in [6, 6.07) is 13.6. The molecule has 2 aromatic carbocycles. The second-order valence-corrected chi connectivity index (χ2v) is 9.11. The highest BCUT2D eigenvalue weighted by molar-refractivity contribution is 7.88. The quantitative estimate of drug-likeness (QED) is 0.689. The SMILES string of the molecule is CCC1(CC)C[C@H](NS(=O)(=O)Cc2ccc(C(=O)OC)cc2)c2ccccc2O1. The van der Waals surface area contributed by atoms with E-state index in [0.29, 0.717) is 17.5 Å². The van der Waals surface area contributed by atoms with Gasteiger partial charge in [-0.05, 0) is 36.6 Å². The second kappa shape index (κ2) is 8.55. The lowest BCUT2D eigenvalue weighted by Gasteiger charge is -2.41. The molecule has 1 aliphatic heterocycles. The zero-order valence-corrected chi connectivity index (χ0v) is 17.8. The van der Waals surface area contributed by atoms with Gasteiger partial charge < -0.3 is 9.47 Å². The Morgan fingerprint density at radius 1 is 1.14 bits per heavy atom. The highest BCUT2D eigenvalue weighted by Gasteiger charge is 2.39. The molecule has 0 amide bonds. The monoisotopic (exact) mass is 417 g/mol. The summed E-state index contributed by atoms with van der Waals surface area (Å²) in [6.45, 7) is 4.12. The largest absolute Gasteiger partial charge is 0.487 e. The molecule has 1 aliphatic rings. The third kappa shape index (κ3) is 4.79. The van der Waals surface area contributed by atoms with Crippen molar-refractivity contribution in [3.8, 4) is 5.75 Å². The van der Waals surface area contributed by atoms with E-state index in [9.17, 15) is 13.2 Å². The van der Waals surface area contributed by atoms with Gasteiger partial charge >= 0.3 is 5.97 Å². The van der Waals surface area contributed by atoms with E-state index in [1.165, 1.54) is 7.11 Å². The molecule has 7 heteroatoms. The van der Waals surface area contributed by atoms with Crippen molar-refractivity contribution in [3.05, 3.63) is 65.2 Å². The maximum atomic E-state index is 12.9. The Bertz CT molecular complexity index is 965. The van der Waals surface area contributed by atoms with Crippen molar-refractivity contribution in [1.82, 2.24) is 4.72 Å². The standard InChI is InChI=1S/C22H27NO5S/c1-4-22(5-2)14-19(18-8-6-7-9-20(18)28-22)23-29(25,26)15-16-10-12-17(13-11-16)21(24)27-3/h6-13,19,23H,4-5,14-15H2,1-3H3/t19-/m0/s1. The van der Waals surface area contributed by atoms with Gasteiger partial charge in [-0.1, -0.05) is 44.2 Å². The fourth-order valence-corrected chi connectivity index (χ4v) is 5.10. The Balaban J connectivity index is 1.81. The number of fused-ring (bicyclic) bond motifs is 1. The molecule has 156 valence electrons. The van der Waals surface area contributed by atoms with E-state index < -0.39 is 16.0 Å². The van der Waals surface area contributed by atoms with Crippen LogP contribution in [0.1, 0.15) is 60.6 Å². The number of methoxy groups -OCH3 is 1. The van der Waals surface area contributed by atoms with Crippen LogP contribution < -0.4 is 9.46 Å². The van der Waals surface area contributed by atoms with Crippen LogP contribution >= 0.6 is 0 Å². The number of rotatable bonds is 7. The number of carbonyl (C=O) groups excluding carboxylic acids is 1. The molecule has 29 heavy (non-hydrogen) atoms. The first kappa shape index (κ1) is 21.3. The topological polar surface area (TPSA) is 81.7 Å². The van der Waals surface area contributed by atoms with Gasteiger partial charge in [0.05, 0.1) is 24.5 Å². The van der Waals surface area contributed by atoms with Gasteiger partial charge in [0.1, 0.15) is 11.4 Å². The molecule has 0 bridgehead atoms. The third-order valence-corrected chi connectivity index (χ3v) is 6.90. The van der Waals surface area contributed by atoms with Crippen molar-refractivity contribution in [3.63, 3.8) is 0 Å². The number of hydrogen-bond donors (Lipinski definition) is 1. The number of sulfonamides is 1. The first-order valence-corrected chi connectivity index (χ1v) is 11.4. The van der Waals surface area contributed by atoms with Crippen LogP contribution in [0.5, 0.6) is 5.75 Å². The van der Waals surface area contributed by atoms with Crippen LogP contribution in [0, 0.1) is 0 Å². The van der Waals surface area contributed by atoms with Crippen molar-refractivity contribution in [2.45, 2.75) is 50.5 Å². The Hall–Kier alpha value is -2.38. The molecule has 1 atom stereocenters. The molecule has 0 saturated heterocycles. The highest BCUT2D eigenvalue weighted by Crippen LogP contribution is 2.42. The fourth-order valence-electron chi connectivity index (χ4n) is 3.74. The Labute approximate surface area is 172 Å². The van der Waals surface area contributed by atoms with E-state index in [4.69, 9.17) is 4.74 Å². The molecule has 0 fully saturated rings. The summed E-state index contributed by atoms with van der Waals surface area (Å²) in [4.78, 5) is 11.5. The van der Waals surface area contributed by atoms with Gasteiger partial charge in [0.2, 0.25) is 10.0 Å². The number of para-hydroxylation sites is 1. The molecule has 3 rings (SSSR count). The third-order valence-electron chi connectivity index (χ3n) is 5.54. The van der Waals surface area contributed by atoms with Crippen molar-refractivity contribution in [1.29, 1.82) is 0 Å². The predicted molar refractivity (Wildman–Crippen MR) is 111 cm³/mol. The second-order valence-electron chi connectivity index (χ2n) is 7.35. The minimum atomic E-state index is -3.60. The summed E-state index contributed by atoms with van der Waals surface area (Å²) in [7, 11) is -2.30. The van der Waals surface area contributed by atoms with E-state index in [1.54, 1.807) is 24.3 Å². The maximum Gasteiger partial charge on any atom is 0.337 e. The van der Waals surface area contributed by atoms with Crippen LogP contribution in [-0.2, 0) is 20.5 Å². The molecule has 0 unspecified atom stereocenters. The number of nitrogens with one attached hydrogen (secondary N) is 1. The lowest BCUT2D eigenvalue weighted by molar-refractivity contribution is 0.0260. The molecule has 0 spiro atoms. The molecule has 0 aromatic heterocycles. The van der Waals surface area contributed by atoms with Crippen molar-refractivity contribution in [2.24, 2.45) is 0 Å². The van der Waals surface area contributed by atoms with Gasteiger partial charge in [-0.3, -0.25) is 0 Å². The predicted octanol–water partition coefficient (Wildman–Crippen LogP) is 3.98. The molecule has 0 radical (unpaired) electrons. The van der Waals surface area contributed by atoms with Gasteiger partial charge in [0.25, 0.3) is 0 Å². The number of ether oxygens (including phenoxy) is 2. The maximum absolute atomic E-state index is 12.9. The van der Waals surface area contributed by atoms with E-state index in [1.807, 2.05) is 24.3 Å². The molecular weight excluding hydrogens is 390 g/mol. The minimum absolute atomic E-state index is 0.167. The Morgan fingerprint density at radius 3 is 2.41 bits per heavy atom. The number of benzene rings is 2. The lowest BCUT2D eigenvalue weighted by atomic mass is 9.84. The van der Waals surface area contributed by atoms with Gasteiger partial charge in [-0.15, -0.1) is 0 Å². The van der Waals surface area contributed by atoms with Gasteiger partial charge in [0.15, 0.2) is 0 Å². The summed E-state index contributed by atoms with van der Waals surface area (Å²) in [5, 5.41) is 0. The van der Waals surface area contributed by atoms with Crippen LogP contribution in [0.4, 0.5) is 0 Å². The number of hydrogen-bond acceptors (Lipinski definition) is 5. The first-order chi connectivity index (χ1) is 13.8. The molecule has 2 aromatic rings. The average molecular weight is 418 g/mol. The van der Waals surface area contributed by atoms with Gasteiger partial charge in [-0.25, -0.2) is 17.9 Å². The van der Waals surface area contributed by atoms with E-state index in [-0.39, 0.29) is 17.4 Å². The molecule has 1 N–H and O–H groups in total. The molecule has 1 heterocycles. The smallest absolute Gasteiger partial charge is 0.337 e. The van der Waals surface area contributed by atoms with E-state index >= 15 is 0 Å². The lowest BCUT2D eigenvalue weighted by Crippen LogP contribution is -2.44. The summed E-state index contributed by atoms with van der Waals surface area (Å²) >= 11 is 0. The zero-order valence-electron chi connectivity index (χ0n) is 17.0. The summed E-state index contributed by atoms with van der Waals surface area (Å²) in [6.07, 6.45) is 2.17. The van der Waals surface area contributed by atoms with Crippen molar-refractivity contribution in [2.75, 3.05) is 7.11 Å². The molecule has 6 nitrogen and oxygen atoms in total. The number of esters is 1. The highest BCUT2D eigenvalue weighted by atomic mass is 32.2. The van der Waals surface area contributed by atoms with Crippen LogP contribution in [-0.4, -0.2) is 27.1 Å². The minimum Gasteiger partial charge on any atom is -0.487 e. The number of carbonyl (C=O) groups is 1. The van der Waals surface area contributed by atoms with Crippen LogP contribution in [0.2, 0.25) is 0 Å². The molecule has 0 saturated carbocycles. The summed E-state index contributed by atoms with van der Waals surface area (Å²) < 4.78 is 39.6. The summed E-state index contributed by atoms with van der Waals surface area (Å²) in [5.41, 5.74) is 1.46. The first-order valence-electron chi connectivity index (χ1n) is 9.76. The normalized spacial score (nSPS) is 17.8. The van der Waals surface area contributed by atoms with E-state index in [2.05, 4.69) is 23.3 Å².